The van der Waals surface area contributed by atoms with Crippen LogP contribution in [0.5, 0.6) is 5.75 Å². The summed E-state index contributed by atoms with van der Waals surface area (Å²) in [6.07, 6.45) is 4.36. The first-order valence-electron chi connectivity index (χ1n) is 8.47. The molecule has 2 fully saturated rings. The second kappa shape index (κ2) is 6.74. The van der Waals surface area contributed by atoms with Gasteiger partial charge in [-0.15, -0.1) is 11.3 Å². The number of ether oxygens (including phenoxy) is 1. The maximum absolute atomic E-state index is 11.7. The van der Waals surface area contributed by atoms with Gasteiger partial charge in [0.2, 0.25) is 0 Å². The molecule has 2 heterocycles. The van der Waals surface area contributed by atoms with Gasteiger partial charge in [0.25, 0.3) is 5.72 Å². The molecule has 0 bridgehead atoms. The molecule has 1 aromatic heterocycles. The van der Waals surface area contributed by atoms with Gasteiger partial charge in [-0.1, -0.05) is 25.0 Å². The summed E-state index contributed by atoms with van der Waals surface area (Å²) in [6, 6.07) is 7.68. The number of carbonyl (C=O) groups is 1. The van der Waals surface area contributed by atoms with E-state index in [0.29, 0.717) is 12.5 Å². The van der Waals surface area contributed by atoms with E-state index < -0.39 is 11.7 Å². The molecule has 2 aromatic rings. The molecular weight excluding hydrogens is 340 g/mol. The van der Waals surface area contributed by atoms with Gasteiger partial charge in [0.1, 0.15) is 12.4 Å². The van der Waals surface area contributed by atoms with E-state index in [4.69, 9.17) is 9.57 Å². The largest absolute Gasteiger partial charge is 0.487 e. The van der Waals surface area contributed by atoms with Crippen LogP contribution in [0.3, 0.4) is 0 Å². The van der Waals surface area contributed by atoms with Crippen molar-refractivity contribution in [3.05, 3.63) is 46.4 Å². The third-order valence-electron chi connectivity index (χ3n) is 5.06. The number of nitrogens with zero attached hydrogens (tertiary/aromatic N) is 1. The predicted octanol–water partition coefficient (Wildman–Crippen LogP) is 3.31. The van der Waals surface area contributed by atoms with Crippen molar-refractivity contribution in [3.8, 4) is 5.75 Å². The number of aliphatic carboxylic acids is 1. The Labute approximate surface area is 149 Å². The molecule has 1 saturated heterocycles. The van der Waals surface area contributed by atoms with Crippen LogP contribution in [0.25, 0.3) is 0 Å². The molecule has 7 heteroatoms. The fourth-order valence-electron chi connectivity index (χ4n) is 3.77. The summed E-state index contributed by atoms with van der Waals surface area (Å²) >= 11 is 1.54. The minimum Gasteiger partial charge on any atom is -0.487 e. The van der Waals surface area contributed by atoms with Crippen molar-refractivity contribution in [2.24, 2.45) is 5.92 Å². The van der Waals surface area contributed by atoms with E-state index in [0.717, 1.165) is 42.7 Å². The first-order chi connectivity index (χ1) is 12.2. The van der Waals surface area contributed by atoms with Crippen LogP contribution >= 0.6 is 11.3 Å². The summed E-state index contributed by atoms with van der Waals surface area (Å²) in [5, 5.41) is 11.6. The van der Waals surface area contributed by atoms with Crippen LogP contribution in [-0.4, -0.2) is 21.8 Å². The van der Waals surface area contributed by atoms with Crippen LogP contribution in [0.2, 0.25) is 0 Å². The lowest BCUT2D eigenvalue weighted by atomic mass is 9.78. The highest BCUT2D eigenvalue weighted by Crippen LogP contribution is 2.48. The van der Waals surface area contributed by atoms with E-state index in [9.17, 15) is 9.90 Å². The maximum atomic E-state index is 11.7. The number of hydrogen-bond acceptors (Lipinski definition) is 6. The molecule has 6 nitrogen and oxygen atoms in total. The van der Waals surface area contributed by atoms with Gasteiger partial charge in [-0.2, -0.15) is 5.48 Å². The average Bonchev–Trinajstić information content (AvgIpc) is 3.02. The summed E-state index contributed by atoms with van der Waals surface area (Å²) < 4.78 is 5.74. The van der Waals surface area contributed by atoms with Gasteiger partial charge < -0.3 is 9.84 Å². The van der Waals surface area contributed by atoms with E-state index in [1.165, 1.54) is 11.3 Å². The van der Waals surface area contributed by atoms with Crippen molar-refractivity contribution in [2.75, 3.05) is 0 Å². The van der Waals surface area contributed by atoms with Crippen LogP contribution in [0, 0.1) is 5.92 Å². The van der Waals surface area contributed by atoms with Gasteiger partial charge in [-0.05, 0) is 36.5 Å². The summed E-state index contributed by atoms with van der Waals surface area (Å²) in [5.41, 5.74) is 5.02. The second-order valence-electron chi connectivity index (χ2n) is 6.60. The van der Waals surface area contributed by atoms with Crippen LogP contribution in [0.1, 0.15) is 42.9 Å². The van der Waals surface area contributed by atoms with Crippen LogP contribution in [0.4, 0.5) is 0 Å². The molecule has 2 unspecified atom stereocenters. The van der Waals surface area contributed by atoms with Crippen molar-refractivity contribution in [2.45, 2.75) is 43.9 Å². The zero-order valence-electron chi connectivity index (χ0n) is 13.7. The number of aromatic nitrogens is 1. The van der Waals surface area contributed by atoms with Gasteiger partial charge in [0.15, 0.2) is 0 Å². The fourth-order valence-corrected chi connectivity index (χ4v) is 4.31. The Balaban J connectivity index is 1.52. The lowest BCUT2D eigenvalue weighted by Gasteiger charge is -2.26. The van der Waals surface area contributed by atoms with Gasteiger partial charge >= 0.3 is 5.97 Å². The molecule has 1 aromatic carbocycles. The molecule has 2 atom stereocenters. The minimum atomic E-state index is -1.28. The number of hydroxylamine groups is 1. The molecule has 2 aliphatic rings. The number of carboxylic acids is 1. The Kier molecular flexibility index (Phi) is 4.45. The zero-order chi connectivity index (χ0) is 17.3. The van der Waals surface area contributed by atoms with E-state index >= 15 is 0 Å². The summed E-state index contributed by atoms with van der Waals surface area (Å²) in [5.74, 6) is -0.0859. The van der Waals surface area contributed by atoms with Crippen molar-refractivity contribution < 1.29 is 19.5 Å². The van der Waals surface area contributed by atoms with Gasteiger partial charge in [-0.25, -0.2) is 9.78 Å². The molecular formula is C18H20N2O4S. The van der Waals surface area contributed by atoms with Gasteiger partial charge in [0, 0.05) is 11.3 Å². The fraction of sp³-hybridized carbons (Fsp3) is 0.444. The Morgan fingerprint density at radius 2 is 2.12 bits per heavy atom. The van der Waals surface area contributed by atoms with Crippen molar-refractivity contribution in [3.63, 3.8) is 0 Å². The molecule has 1 aliphatic heterocycles. The molecule has 1 saturated carbocycles. The van der Waals surface area contributed by atoms with Crippen LogP contribution in [-0.2, 0) is 16.2 Å². The van der Waals surface area contributed by atoms with Crippen molar-refractivity contribution in [1.29, 1.82) is 0 Å². The molecule has 0 amide bonds. The second-order valence-corrected chi connectivity index (χ2v) is 7.32. The third-order valence-corrected chi connectivity index (χ3v) is 5.69. The Hall–Kier alpha value is -1.96. The lowest BCUT2D eigenvalue weighted by Crippen LogP contribution is -2.38. The minimum absolute atomic E-state index is 0.194. The highest BCUT2D eigenvalue weighted by molar-refractivity contribution is 7.07. The standard InChI is InChI=1S/C18H20N2O4S/c21-17(22)18(20-24-18)16(12-3-1-2-4-12)13-5-7-15(8-6-13)23-9-14-10-25-11-19-14/h5-8,10-12,16,20H,1-4,9H2,(H,21,22). The number of benzene rings is 1. The summed E-state index contributed by atoms with van der Waals surface area (Å²) in [7, 11) is 0. The molecule has 2 N–H and O–H groups in total. The number of rotatable bonds is 7. The smallest absolute Gasteiger partial charge is 0.356 e. The number of nitrogens with one attached hydrogen (secondary N) is 1. The molecule has 0 radical (unpaired) electrons. The first kappa shape index (κ1) is 16.5. The summed E-state index contributed by atoms with van der Waals surface area (Å²) in [4.78, 5) is 21.2. The predicted molar refractivity (Wildman–Crippen MR) is 92.2 cm³/mol. The van der Waals surface area contributed by atoms with Gasteiger partial charge in [0.05, 0.1) is 11.2 Å². The van der Waals surface area contributed by atoms with E-state index in [1.807, 2.05) is 29.6 Å². The SMILES string of the molecule is O=C(O)C1(C(c2ccc(OCc3cscn3)cc2)C2CCCC2)NO1. The molecule has 25 heavy (non-hydrogen) atoms. The molecule has 0 spiro atoms. The van der Waals surface area contributed by atoms with Gasteiger partial charge in [-0.3, -0.25) is 4.84 Å². The average molecular weight is 360 g/mol. The molecule has 4 rings (SSSR count). The zero-order valence-corrected chi connectivity index (χ0v) is 14.5. The topological polar surface area (TPSA) is 93.9 Å². The van der Waals surface area contributed by atoms with Crippen LogP contribution < -0.4 is 10.2 Å². The highest BCUT2D eigenvalue weighted by atomic mass is 32.1. The Morgan fingerprint density at radius 3 is 2.68 bits per heavy atom. The lowest BCUT2D eigenvalue weighted by molar-refractivity contribution is -0.144. The number of hydrogen-bond donors (Lipinski definition) is 2. The third kappa shape index (κ3) is 3.27. The molecule has 1 aliphatic carbocycles. The van der Waals surface area contributed by atoms with E-state index in [1.54, 1.807) is 5.51 Å². The van der Waals surface area contributed by atoms with Crippen molar-refractivity contribution >= 4 is 17.3 Å². The highest BCUT2D eigenvalue weighted by Gasteiger charge is 2.62. The molecule has 132 valence electrons. The normalized spacial score (nSPS) is 24.2. The maximum Gasteiger partial charge on any atom is 0.356 e. The van der Waals surface area contributed by atoms with E-state index in [-0.39, 0.29) is 5.92 Å². The van der Waals surface area contributed by atoms with Crippen molar-refractivity contribution in [1.82, 2.24) is 10.5 Å². The Morgan fingerprint density at radius 1 is 1.40 bits per heavy atom. The Bertz CT molecular complexity index is 722. The monoisotopic (exact) mass is 360 g/mol. The summed E-state index contributed by atoms with van der Waals surface area (Å²) in [6.45, 7) is 0.429. The van der Waals surface area contributed by atoms with Crippen LogP contribution in [0.15, 0.2) is 35.2 Å². The number of carboxylic acid groups (broad SMARTS) is 1. The quantitative estimate of drug-likeness (QED) is 0.736. The number of thiazole rings is 1. The van der Waals surface area contributed by atoms with E-state index in [2.05, 4.69) is 10.5 Å². The first-order valence-corrected chi connectivity index (χ1v) is 9.42.